The molecule has 1 aromatic rings. The molecule has 1 aliphatic rings. The smallest absolute Gasteiger partial charge is 0.0703 e. The summed E-state index contributed by atoms with van der Waals surface area (Å²) in [5.74, 6) is 1.14. The first-order valence-electron chi connectivity index (χ1n) is 7.32. The van der Waals surface area contributed by atoms with Crippen molar-refractivity contribution in [2.45, 2.75) is 57.4 Å². The molecule has 1 aromatic heterocycles. The second kappa shape index (κ2) is 7.70. The van der Waals surface area contributed by atoms with Crippen LogP contribution in [-0.4, -0.2) is 27.3 Å². The highest BCUT2D eigenvalue weighted by Gasteiger charge is 2.22. The number of hydrogen-bond acceptors (Lipinski definition) is 3. The predicted molar refractivity (Wildman–Crippen MR) is 86.7 cm³/mol. The molecule has 1 fully saturated rings. The van der Waals surface area contributed by atoms with Crippen molar-refractivity contribution in [1.82, 2.24) is 15.1 Å². The summed E-state index contributed by atoms with van der Waals surface area (Å²) in [5, 5.41) is 8.92. The number of aryl methyl sites for hydroxylation is 1. The lowest BCUT2D eigenvalue weighted by Crippen LogP contribution is -2.26. The normalized spacial score (nSPS) is 18.1. The third-order valence-electron chi connectivity index (χ3n) is 3.71. The van der Waals surface area contributed by atoms with E-state index in [1.165, 1.54) is 31.4 Å². The molecule has 1 atom stereocenters. The van der Waals surface area contributed by atoms with Gasteiger partial charge in [-0.05, 0) is 42.2 Å². The van der Waals surface area contributed by atoms with Gasteiger partial charge in [0.05, 0.1) is 22.4 Å². The number of halogens is 1. The molecule has 0 spiro atoms. The van der Waals surface area contributed by atoms with Crippen molar-refractivity contribution in [2.75, 3.05) is 12.3 Å². The molecule has 0 bridgehead atoms. The van der Waals surface area contributed by atoms with Gasteiger partial charge < -0.3 is 5.32 Å². The van der Waals surface area contributed by atoms with Gasteiger partial charge in [-0.2, -0.15) is 16.9 Å². The molecule has 1 N–H and O–H groups in total. The minimum absolute atomic E-state index is 0.396. The van der Waals surface area contributed by atoms with Crippen LogP contribution in [0.5, 0.6) is 0 Å². The van der Waals surface area contributed by atoms with Gasteiger partial charge in [-0.3, -0.25) is 4.68 Å². The topological polar surface area (TPSA) is 29.9 Å². The maximum atomic E-state index is 4.44. The van der Waals surface area contributed by atoms with E-state index in [1.807, 2.05) is 6.20 Å². The van der Waals surface area contributed by atoms with Crippen LogP contribution in [0.15, 0.2) is 10.7 Å². The lowest BCUT2D eigenvalue weighted by atomic mass is 10.2. The van der Waals surface area contributed by atoms with Gasteiger partial charge in [0.15, 0.2) is 0 Å². The van der Waals surface area contributed by atoms with E-state index in [-0.39, 0.29) is 0 Å². The lowest BCUT2D eigenvalue weighted by Gasteiger charge is -2.21. The summed E-state index contributed by atoms with van der Waals surface area (Å²) in [6.07, 6.45) is 7.55. The maximum absolute atomic E-state index is 4.44. The quantitative estimate of drug-likeness (QED) is 0.810. The summed E-state index contributed by atoms with van der Waals surface area (Å²) in [6, 6.07) is 0.396. The fraction of sp³-hybridized carbons (Fsp3) is 0.786. The van der Waals surface area contributed by atoms with E-state index >= 15 is 0 Å². The van der Waals surface area contributed by atoms with E-state index in [9.17, 15) is 0 Å². The number of thioether (sulfide) groups is 1. The molecule has 0 saturated heterocycles. The van der Waals surface area contributed by atoms with Crippen molar-refractivity contribution in [1.29, 1.82) is 0 Å². The lowest BCUT2D eigenvalue weighted by molar-refractivity contribution is 0.524. The molecule has 5 heteroatoms. The monoisotopic (exact) mass is 345 g/mol. The highest BCUT2D eigenvalue weighted by Crippen LogP contribution is 2.33. The molecule has 3 nitrogen and oxygen atoms in total. The van der Waals surface area contributed by atoms with Gasteiger partial charge in [0.2, 0.25) is 0 Å². The first-order valence-corrected chi connectivity index (χ1v) is 9.16. The van der Waals surface area contributed by atoms with E-state index in [2.05, 4.69) is 56.6 Å². The molecule has 1 aliphatic carbocycles. The Hall–Kier alpha value is 0. The highest BCUT2D eigenvalue weighted by molar-refractivity contribution is 9.10. The Morgan fingerprint density at radius 2 is 2.21 bits per heavy atom. The van der Waals surface area contributed by atoms with Gasteiger partial charge in [0.1, 0.15) is 0 Å². The van der Waals surface area contributed by atoms with Crippen LogP contribution in [0.1, 0.15) is 51.3 Å². The van der Waals surface area contributed by atoms with E-state index in [1.54, 1.807) is 0 Å². The van der Waals surface area contributed by atoms with Crippen molar-refractivity contribution in [3.63, 3.8) is 0 Å². The summed E-state index contributed by atoms with van der Waals surface area (Å²) < 4.78 is 3.24. The molecule has 2 rings (SSSR count). The second-order valence-electron chi connectivity index (χ2n) is 5.04. The number of nitrogens with one attached hydrogen (secondary N) is 1. The summed E-state index contributed by atoms with van der Waals surface area (Å²) >= 11 is 5.78. The fourth-order valence-corrected chi connectivity index (χ4v) is 4.72. The zero-order chi connectivity index (χ0) is 13.7. The first-order chi connectivity index (χ1) is 9.26. The third kappa shape index (κ3) is 3.99. The van der Waals surface area contributed by atoms with Gasteiger partial charge in [-0.1, -0.05) is 19.8 Å². The molecule has 108 valence electrons. The fourth-order valence-electron chi connectivity index (χ4n) is 2.74. The Balaban J connectivity index is 2.03. The first kappa shape index (κ1) is 15.4. The van der Waals surface area contributed by atoms with E-state index in [4.69, 9.17) is 0 Å². The number of hydrogen-bond donors (Lipinski definition) is 1. The molecule has 0 radical (unpaired) electrons. The van der Waals surface area contributed by atoms with Crippen LogP contribution in [0, 0.1) is 0 Å². The Bertz CT molecular complexity index is 388. The summed E-state index contributed by atoms with van der Waals surface area (Å²) in [4.78, 5) is 0. The van der Waals surface area contributed by atoms with Crippen molar-refractivity contribution in [2.24, 2.45) is 0 Å². The van der Waals surface area contributed by atoms with Crippen LogP contribution in [-0.2, 0) is 6.54 Å². The van der Waals surface area contributed by atoms with E-state index in [0.717, 1.165) is 28.6 Å². The summed E-state index contributed by atoms with van der Waals surface area (Å²) in [5.41, 5.74) is 1.30. The molecule has 1 unspecified atom stereocenters. The molecule has 0 amide bonds. The van der Waals surface area contributed by atoms with Crippen LogP contribution in [0.4, 0.5) is 0 Å². The molecular formula is C14H24BrN3S. The SMILES string of the molecule is CCNC(CSC1CCCC1)c1c(Br)cnn1CC. The van der Waals surface area contributed by atoms with Gasteiger partial charge in [-0.15, -0.1) is 0 Å². The number of nitrogens with zero attached hydrogens (tertiary/aromatic N) is 2. The van der Waals surface area contributed by atoms with Crippen LogP contribution >= 0.6 is 27.7 Å². The van der Waals surface area contributed by atoms with Crippen LogP contribution in [0.25, 0.3) is 0 Å². The number of rotatable bonds is 7. The third-order valence-corrected chi connectivity index (χ3v) is 5.79. The Morgan fingerprint density at radius 1 is 1.47 bits per heavy atom. The standard InChI is InChI=1S/C14H24BrN3S/c1-3-16-13(10-19-11-7-5-6-8-11)14-12(15)9-17-18(14)4-2/h9,11,13,16H,3-8,10H2,1-2H3. The molecule has 0 aromatic carbocycles. The highest BCUT2D eigenvalue weighted by atomic mass is 79.9. The largest absolute Gasteiger partial charge is 0.308 e. The zero-order valence-corrected chi connectivity index (χ0v) is 14.3. The Labute approximate surface area is 129 Å². The minimum Gasteiger partial charge on any atom is -0.308 e. The summed E-state index contributed by atoms with van der Waals surface area (Å²) in [7, 11) is 0. The van der Waals surface area contributed by atoms with Crippen molar-refractivity contribution >= 4 is 27.7 Å². The molecule has 0 aliphatic heterocycles. The van der Waals surface area contributed by atoms with Crippen LogP contribution in [0.2, 0.25) is 0 Å². The zero-order valence-electron chi connectivity index (χ0n) is 11.9. The molecule has 1 heterocycles. The van der Waals surface area contributed by atoms with Gasteiger partial charge in [0, 0.05) is 17.5 Å². The Kier molecular flexibility index (Phi) is 6.23. The van der Waals surface area contributed by atoms with Crippen molar-refractivity contribution in [3.05, 3.63) is 16.4 Å². The van der Waals surface area contributed by atoms with Crippen molar-refractivity contribution in [3.8, 4) is 0 Å². The average Bonchev–Trinajstić information content (AvgIpc) is 3.04. The molecule has 19 heavy (non-hydrogen) atoms. The van der Waals surface area contributed by atoms with E-state index < -0.39 is 0 Å². The predicted octanol–water partition coefficient (Wildman–Crippen LogP) is 3.99. The van der Waals surface area contributed by atoms with Crippen LogP contribution in [0.3, 0.4) is 0 Å². The minimum atomic E-state index is 0.396. The average molecular weight is 346 g/mol. The Morgan fingerprint density at radius 3 is 2.84 bits per heavy atom. The number of aromatic nitrogens is 2. The summed E-state index contributed by atoms with van der Waals surface area (Å²) in [6.45, 7) is 6.25. The van der Waals surface area contributed by atoms with Gasteiger partial charge in [-0.25, -0.2) is 0 Å². The molecule has 1 saturated carbocycles. The van der Waals surface area contributed by atoms with Gasteiger partial charge in [0.25, 0.3) is 0 Å². The maximum Gasteiger partial charge on any atom is 0.0703 e. The van der Waals surface area contributed by atoms with Gasteiger partial charge >= 0.3 is 0 Å². The second-order valence-corrected chi connectivity index (χ2v) is 7.23. The van der Waals surface area contributed by atoms with Crippen LogP contribution < -0.4 is 5.32 Å². The van der Waals surface area contributed by atoms with Crippen molar-refractivity contribution < 1.29 is 0 Å². The molecular weight excluding hydrogens is 322 g/mol. The van der Waals surface area contributed by atoms with E-state index in [0.29, 0.717) is 6.04 Å².